The van der Waals surface area contributed by atoms with E-state index in [-0.39, 0.29) is 32.0 Å². The van der Waals surface area contributed by atoms with E-state index in [0.29, 0.717) is 0 Å². The van der Waals surface area contributed by atoms with Crippen molar-refractivity contribution in [1.29, 1.82) is 0 Å². The third-order valence-electron chi connectivity index (χ3n) is 4.25. The van der Waals surface area contributed by atoms with Gasteiger partial charge in [-0.05, 0) is 30.3 Å². The number of halogens is 4. The predicted octanol–water partition coefficient (Wildman–Crippen LogP) is 3.12. The van der Waals surface area contributed by atoms with Crippen LogP contribution in [-0.4, -0.2) is 44.9 Å². The van der Waals surface area contributed by atoms with Gasteiger partial charge in [0.05, 0.1) is 24.3 Å². The summed E-state index contributed by atoms with van der Waals surface area (Å²) in [5.74, 6) is -2.13. The lowest BCUT2D eigenvalue weighted by molar-refractivity contribution is -0.137. The molecule has 1 saturated heterocycles. The van der Waals surface area contributed by atoms with Crippen LogP contribution in [0, 0.1) is 5.82 Å². The first-order valence-electron chi connectivity index (χ1n) is 8.46. The van der Waals surface area contributed by atoms with E-state index in [1.165, 1.54) is 6.07 Å². The highest BCUT2D eigenvalue weighted by molar-refractivity contribution is 7.89. The Balaban J connectivity index is 1.90. The number of nitrogens with one attached hydrogen (secondary N) is 1. The Hall–Kier alpha value is -2.50. The fourth-order valence-corrected chi connectivity index (χ4v) is 4.33. The minimum Gasteiger partial charge on any atom is -0.379 e. The van der Waals surface area contributed by atoms with Crippen molar-refractivity contribution >= 4 is 21.6 Å². The van der Waals surface area contributed by atoms with Crippen LogP contribution in [0.15, 0.2) is 47.4 Å². The third-order valence-corrected chi connectivity index (χ3v) is 6.17. The molecule has 29 heavy (non-hydrogen) atoms. The van der Waals surface area contributed by atoms with Gasteiger partial charge in [0.25, 0.3) is 5.91 Å². The topological polar surface area (TPSA) is 75.7 Å². The van der Waals surface area contributed by atoms with Crippen LogP contribution in [0.3, 0.4) is 0 Å². The largest absolute Gasteiger partial charge is 0.417 e. The maximum atomic E-state index is 14.2. The van der Waals surface area contributed by atoms with Crippen LogP contribution < -0.4 is 5.32 Å². The van der Waals surface area contributed by atoms with E-state index >= 15 is 0 Å². The van der Waals surface area contributed by atoms with Crippen LogP contribution in [0.2, 0.25) is 0 Å². The fourth-order valence-electron chi connectivity index (χ4n) is 2.83. The summed E-state index contributed by atoms with van der Waals surface area (Å²) in [6.07, 6.45) is -4.75. The number of hydrogen-bond acceptors (Lipinski definition) is 4. The van der Waals surface area contributed by atoms with Gasteiger partial charge in [-0.15, -0.1) is 0 Å². The molecule has 1 fully saturated rings. The molecule has 0 spiro atoms. The zero-order valence-electron chi connectivity index (χ0n) is 14.9. The molecule has 0 radical (unpaired) electrons. The molecule has 1 heterocycles. The van der Waals surface area contributed by atoms with Crippen LogP contribution in [0.4, 0.5) is 23.2 Å². The number of nitrogens with zero attached hydrogens (tertiary/aromatic N) is 1. The Morgan fingerprint density at radius 1 is 1.07 bits per heavy atom. The van der Waals surface area contributed by atoms with Crippen LogP contribution in [-0.2, 0) is 20.9 Å². The number of morpholine rings is 1. The number of amides is 1. The first-order chi connectivity index (χ1) is 13.6. The van der Waals surface area contributed by atoms with E-state index in [1.54, 1.807) is 0 Å². The number of ether oxygens (including phenoxy) is 1. The SMILES string of the molecule is O=C(Nc1ccc(F)c(S(=O)(=O)N2CCOCC2)c1)c1ccccc1C(F)(F)F. The zero-order chi connectivity index (χ0) is 21.2. The standard InChI is InChI=1S/C18H16F4N2O4S/c19-15-6-5-12(11-16(15)29(26,27)24-7-9-28-10-8-24)23-17(25)13-3-1-2-4-14(13)18(20,21)22/h1-6,11H,7-10H2,(H,23,25). The molecule has 2 aromatic carbocycles. The van der Waals surface area contributed by atoms with Gasteiger partial charge in [-0.25, -0.2) is 12.8 Å². The molecule has 3 rings (SSSR count). The van der Waals surface area contributed by atoms with E-state index in [1.807, 2.05) is 0 Å². The number of alkyl halides is 3. The Morgan fingerprint density at radius 3 is 2.38 bits per heavy atom. The van der Waals surface area contributed by atoms with Crippen molar-refractivity contribution in [1.82, 2.24) is 4.31 Å². The van der Waals surface area contributed by atoms with E-state index < -0.39 is 43.9 Å². The lowest BCUT2D eigenvalue weighted by Gasteiger charge is -2.26. The van der Waals surface area contributed by atoms with Crippen LogP contribution in [0.5, 0.6) is 0 Å². The quantitative estimate of drug-likeness (QED) is 0.754. The van der Waals surface area contributed by atoms with E-state index in [0.717, 1.165) is 40.7 Å². The minimum absolute atomic E-state index is 0.0390. The molecule has 0 unspecified atom stereocenters. The molecule has 11 heteroatoms. The van der Waals surface area contributed by atoms with Gasteiger partial charge in [-0.1, -0.05) is 12.1 Å². The second-order valence-electron chi connectivity index (χ2n) is 6.16. The molecular weight excluding hydrogens is 416 g/mol. The van der Waals surface area contributed by atoms with Gasteiger partial charge >= 0.3 is 6.18 Å². The summed E-state index contributed by atoms with van der Waals surface area (Å²) in [6.45, 7) is 0.394. The van der Waals surface area contributed by atoms with Crippen molar-refractivity contribution in [2.24, 2.45) is 0 Å². The number of anilines is 1. The Morgan fingerprint density at radius 2 is 1.72 bits per heavy atom. The van der Waals surface area contributed by atoms with Gasteiger partial charge in [0.15, 0.2) is 0 Å². The number of rotatable bonds is 4. The van der Waals surface area contributed by atoms with E-state index in [2.05, 4.69) is 5.32 Å². The molecule has 0 bridgehead atoms. The number of carbonyl (C=O) groups excluding carboxylic acids is 1. The van der Waals surface area contributed by atoms with Gasteiger partial charge < -0.3 is 10.1 Å². The smallest absolute Gasteiger partial charge is 0.379 e. The van der Waals surface area contributed by atoms with Gasteiger partial charge in [-0.2, -0.15) is 17.5 Å². The number of benzene rings is 2. The van der Waals surface area contributed by atoms with Crippen molar-refractivity contribution in [2.45, 2.75) is 11.1 Å². The van der Waals surface area contributed by atoms with Crippen molar-refractivity contribution in [3.05, 3.63) is 59.4 Å². The molecule has 0 atom stereocenters. The average molecular weight is 432 g/mol. The molecule has 0 saturated carbocycles. The van der Waals surface area contributed by atoms with Gasteiger partial charge in [-0.3, -0.25) is 4.79 Å². The highest BCUT2D eigenvalue weighted by atomic mass is 32.2. The lowest BCUT2D eigenvalue weighted by Crippen LogP contribution is -2.40. The summed E-state index contributed by atoms with van der Waals surface area (Å²) in [4.78, 5) is 11.7. The van der Waals surface area contributed by atoms with Crippen molar-refractivity contribution in [2.75, 3.05) is 31.6 Å². The summed E-state index contributed by atoms with van der Waals surface area (Å²) in [5, 5.41) is 2.20. The number of carbonyl (C=O) groups is 1. The predicted molar refractivity (Wildman–Crippen MR) is 95.4 cm³/mol. The molecule has 1 amide bonds. The highest BCUT2D eigenvalue weighted by Gasteiger charge is 2.35. The minimum atomic E-state index is -4.75. The third kappa shape index (κ3) is 4.57. The summed E-state index contributed by atoms with van der Waals surface area (Å²) >= 11 is 0. The Kier molecular flexibility index (Phi) is 5.92. The first kappa shape index (κ1) is 21.2. The van der Waals surface area contributed by atoms with Crippen molar-refractivity contribution < 1.29 is 35.5 Å². The van der Waals surface area contributed by atoms with Gasteiger partial charge in [0.2, 0.25) is 10.0 Å². The second kappa shape index (κ2) is 8.09. The van der Waals surface area contributed by atoms with E-state index in [9.17, 15) is 30.8 Å². The monoisotopic (exact) mass is 432 g/mol. The summed E-state index contributed by atoms with van der Waals surface area (Å²) in [6, 6.07) is 6.95. The van der Waals surface area contributed by atoms with Crippen molar-refractivity contribution in [3.8, 4) is 0 Å². The molecule has 1 aliphatic heterocycles. The van der Waals surface area contributed by atoms with Crippen molar-refractivity contribution in [3.63, 3.8) is 0 Å². The first-order valence-corrected chi connectivity index (χ1v) is 9.90. The zero-order valence-corrected chi connectivity index (χ0v) is 15.7. The normalized spacial score (nSPS) is 15.9. The van der Waals surface area contributed by atoms with E-state index in [4.69, 9.17) is 4.74 Å². The Labute approximate surface area is 164 Å². The van der Waals surface area contributed by atoms with Crippen LogP contribution in [0.25, 0.3) is 0 Å². The second-order valence-corrected chi connectivity index (χ2v) is 8.07. The number of sulfonamides is 1. The molecule has 2 aromatic rings. The fraction of sp³-hybridized carbons (Fsp3) is 0.278. The summed E-state index contributed by atoms with van der Waals surface area (Å²) in [5.41, 5.74) is -1.93. The Bertz CT molecular complexity index is 1020. The molecule has 0 aliphatic carbocycles. The highest BCUT2D eigenvalue weighted by Crippen LogP contribution is 2.32. The summed E-state index contributed by atoms with van der Waals surface area (Å²) < 4.78 is 85.0. The lowest BCUT2D eigenvalue weighted by atomic mass is 10.1. The molecule has 6 nitrogen and oxygen atoms in total. The average Bonchev–Trinajstić information content (AvgIpc) is 2.69. The molecule has 156 valence electrons. The number of hydrogen-bond donors (Lipinski definition) is 1. The van der Waals surface area contributed by atoms with Gasteiger partial charge in [0.1, 0.15) is 10.7 Å². The maximum Gasteiger partial charge on any atom is 0.417 e. The van der Waals surface area contributed by atoms with Crippen LogP contribution >= 0.6 is 0 Å². The molecule has 1 N–H and O–H groups in total. The molecular formula is C18H16F4N2O4S. The molecule has 1 aliphatic rings. The summed E-state index contributed by atoms with van der Waals surface area (Å²) in [7, 11) is -4.20. The van der Waals surface area contributed by atoms with Crippen LogP contribution in [0.1, 0.15) is 15.9 Å². The molecule has 0 aromatic heterocycles. The maximum absolute atomic E-state index is 14.2. The van der Waals surface area contributed by atoms with Gasteiger partial charge in [0, 0.05) is 18.8 Å².